The van der Waals surface area contributed by atoms with Gasteiger partial charge >= 0.3 is 0 Å². The average molecular weight is 927 g/mol. The second kappa shape index (κ2) is 15.5. The maximum absolute atomic E-state index is 14.4. The van der Waals surface area contributed by atoms with Gasteiger partial charge in [0, 0.05) is 59.7 Å². The normalized spacial score (nSPS) is 16.3. The van der Waals surface area contributed by atoms with Crippen molar-refractivity contribution >= 4 is 80.2 Å². The molecule has 9 nitrogen and oxygen atoms in total. The van der Waals surface area contributed by atoms with Gasteiger partial charge in [0.05, 0.1) is 51.2 Å². The molecule has 312 valence electrons. The number of thiophene rings is 4. The van der Waals surface area contributed by atoms with Crippen LogP contribution in [0.3, 0.4) is 0 Å². The van der Waals surface area contributed by atoms with E-state index in [2.05, 4.69) is 4.85 Å². The van der Waals surface area contributed by atoms with Crippen molar-refractivity contribution < 1.29 is 41.4 Å². The van der Waals surface area contributed by atoms with Crippen LogP contribution in [0, 0.1) is 63.8 Å². The first-order valence-electron chi connectivity index (χ1n) is 18.6. The molecule has 4 aromatic heterocycles. The average Bonchev–Trinajstić information content (AvgIpc) is 4.13. The Morgan fingerprint density at radius 2 is 1.12 bits per heavy atom. The Kier molecular flexibility index (Phi) is 10.1. The van der Waals surface area contributed by atoms with Crippen LogP contribution < -0.4 is 14.2 Å². The van der Waals surface area contributed by atoms with Crippen molar-refractivity contribution in [1.82, 2.24) is 0 Å². The zero-order chi connectivity index (χ0) is 45.5. The lowest BCUT2D eigenvalue weighted by Crippen LogP contribution is -2.27. The van der Waals surface area contributed by atoms with E-state index in [1.165, 1.54) is 71.7 Å². The lowest BCUT2D eigenvalue weighted by Gasteiger charge is -2.31. The number of Topliss-reactive ketones (excluding diaryl/α,β-unsaturated/α-hetero) is 2. The van der Waals surface area contributed by atoms with Crippen LogP contribution in [-0.4, -0.2) is 25.8 Å². The fraction of sp³-hybridized carbons (Fsp3) is 0.106. The number of carbonyl (C=O) groups excluding carboxylic acids is 2. The number of methoxy groups -OCH3 is 2. The standard InChI is InChI=1S/C47H22F4N4O5S4/c1-47(2)28-14-37(44-34(58-4)8-20(61-44)6-26-39(19(16-52)17-53)22-10-29(48)31(50)12-24(22)41(26)56)63-43(28)46-36(60-47)15-38(64-46)45-35(59-5)9-21(62-45)7-27-40(33(18-54)55-3)23-11-30(49)32(51)13-25(23)42(27)57/h6-15H,1-2,4-5H3/b26-6-,27-7-,40-33?. The van der Waals surface area contributed by atoms with Crippen molar-refractivity contribution in [2.75, 3.05) is 14.2 Å². The first kappa shape index (κ1) is 41.9. The third-order valence-corrected chi connectivity index (χ3v) is 15.6. The number of halogens is 4. The lowest BCUT2D eigenvalue weighted by molar-refractivity contribution is 0.103. The van der Waals surface area contributed by atoms with E-state index in [1.807, 2.05) is 26.0 Å². The third kappa shape index (κ3) is 6.48. The third-order valence-electron chi connectivity index (χ3n) is 10.6. The van der Waals surface area contributed by atoms with Gasteiger partial charge in [0.2, 0.25) is 0 Å². The summed E-state index contributed by atoms with van der Waals surface area (Å²) in [6.07, 6.45) is 2.96. The van der Waals surface area contributed by atoms with Gasteiger partial charge in [0.15, 0.2) is 34.8 Å². The number of nitriles is 3. The first-order valence-corrected chi connectivity index (χ1v) is 21.8. The molecule has 0 atom stereocenters. The molecule has 0 N–H and O–H groups in total. The Balaban J connectivity index is 1.10. The van der Waals surface area contributed by atoms with Crippen molar-refractivity contribution in [3.8, 4) is 64.7 Å². The van der Waals surface area contributed by atoms with Crippen molar-refractivity contribution in [3.05, 3.63) is 143 Å². The van der Waals surface area contributed by atoms with Gasteiger partial charge in [0.1, 0.15) is 40.6 Å². The molecule has 1 aliphatic heterocycles. The molecule has 0 radical (unpaired) electrons. The molecule has 0 unspecified atom stereocenters. The van der Waals surface area contributed by atoms with Gasteiger partial charge in [-0.05, 0) is 79.6 Å². The topological polar surface area (TPSA) is 138 Å². The van der Waals surface area contributed by atoms with Gasteiger partial charge < -0.3 is 14.2 Å². The highest BCUT2D eigenvalue weighted by Crippen LogP contribution is 2.58. The smallest absolute Gasteiger partial charge is 0.270 e. The van der Waals surface area contributed by atoms with E-state index in [-0.39, 0.29) is 44.5 Å². The van der Waals surface area contributed by atoms with Gasteiger partial charge in [0.25, 0.3) is 5.70 Å². The fourth-order valence-electron chi connectivity index (χ4n) is 7.79. The zero-order valence-electron chi connectivity index (χ0n) is 33.2. The summed E-state index contributed by atoms with van der Waals surface area (Å²) in [7, 11) is 2.98. The predicted molar refractivity (Wildman–Crippen MR) is 236 cm³/mol. The van der Waals surface area contributed by atoms with Gasteiger partial charge in [-0.1, -0.05) is 0 Å². The summed E-state index contributed by atoms with van der Waals surface area (Å²) in [4.78, 5) is 36.2. The SMILES string of the molecule is [C-]#[N+]C(C#N)=C1/C(=C/c2cc(OC)c(-c3cc4c(s3)-c3sc(-c5sc(/C=C6\C(=O)c7cc(F)c(F)cc7C6=C(C#N)C#N)cc5OC)cc3C(C)(C)O4)s2)C(=O)c2cc(F)c(F)cc21. The Hall–Kier alpha value is -7.38. The van der Waals surface area contributed by atoms with Crippen LogP contribution in [-0.2, 0) is 5.60 Å². The predicted octanol–water partition coefficient (Wildman–Crippen LogP) is 12.6. The molecular formula is C47H22F4N4O5S4. The minimum absolute atomic E-state index is 0.0433. The number of fused-ring (bicyclic) bond motifs is 5. The molecule has 0 amide bonds. The number of rotatable bonds is 6. The van der Waals surface area contributed by atoms with Crippen LogP contribution in [0.1, 0.15) is 61.0 Å². The van der Waals surface area contributed by atoms with Crippen LogP contribution >= 0.6 is 45.3 Å². The Bertz CT molecular complexity index is 3430. The summed E-state index contributed by atoms with van der Waals surface area (Å²) in [5.41, 5.74) is -1.51. The van der Waals surface area contributed by atoms with E-state index in [0.717, 1.165) is 49.3 Å². The number of ketones is 2. The number of hydrogen-bond donors (Lipinski definition) is 0. The van der Waals surface area contributed by atoms with Crippen molar-refractivity contribution in [1.29, 1.82) is 15.8 Å². The van der Waals surface area contributed by atoms with Crippen LogP contribution in [0.2, 0.25) is 0 Å². The molecule has 2 aromatic carbocycles. The quantitative estimate of drug-likeness (QED) is 0.0697. The number of carbonyl (C=O) groups is 2. The number of benzene rings is 2. The van der Waals surface area contributed by atoms with Crippen LogP contribution in [0.15, 0.2) is 70.9 Å². The maximum Gasteiger partial charge on any atom is 0.270 e. The van der Waals surface area contributed by atoms with Gasteiger partial charge in [-0.15, -0.1) is 45.3 Å². The van der Waals surface area contributed by atoms with E-state index in [1.54, 1.807) is 30.3 Å². The Morgan fingerprint density at radius 1 is 0.656 bits per heavy atom. The number of allylic oxidation sites excluding steroid dienone is 6. The van der Waals surface area contributed by atoms with E-state index in [9.17, 15) is 42.9 Å². The number of hydrogen-bond acceptors (Lipinski definition) is 12. The Morgan fingerprint density at radius 3 is 1.61 bits per heavy atom. The summed E-state index contributed by atoms with van der Waals surface area (Å²) in [6, 6.07) is 15.7. The van der Waals surface area contributed by atoms with E-state index >= 15 is 0 Å². The van der Waals surface area contributed by atoms with Crippen LogP contribution in [0.25, 0.3) is 57.4 Å². The summed E-state index contributed by atoms with van der Waals surface area (Å²) in [6.45, 7) is 11.4. The van der Waals surface area contributed by atoms with Gasteiger partial charge in [-0.2, -0.15) is 10.5 Å². The molecule has 0 saturated carbocycles. The van der Waals surface area contributed by atoms with Gasteiger partial charge in [-0.25, -0.2) is 27.7 Å². The van der Waals surface area contributed by atoms with Crippen LogP contribution in [0.5, 0.6) is 17.2 Å². The molecule has 17 heteroatoms. The maximum atomic E-state index is 14.4. The molecule has 64 heavy (non-hydrogen) atoms. The van der Waals surface area contributed by atoms with Crippen molar-refractivity contribution in [2.24, 2.45) is 0 Å². The number of ether oxygens (including phenoxy) is 3. The van der Waals surface area contributed by atoms with Crippen LogP contribution in [0.4, 0.5) is 17.6 Å². The summed E-state index contributed by atoms with van der Waals surface area (Å²) in [5.74, 6) is -4.72. The first-order chi connectivity index (χ1) is 30.6. The Labute approximate surface area is 377 Å². The lowest BCUT2D eigenvalue weighted by atomic mass is 9.95. The largest absolute Gasteiger partial charge is 0.495 e. The number of nitrogens with zero attached hydrogens (tertiary/aromatic N) is 4. The molecule has 0 bridgehead atoms. The van der Waals surface area contributed by atoms with Gasteiger partial charge in [-0.3, -0.25) is 9.59 Å². The zero-order valence-corrected chi connectivity index (χ0v) is 36.5. The minimum atomic E-state index is -1.24. The van der Waals surface area contributed by atoms with Crippen molar-refractivity contribution in [2.45, 2.75) is 19.4 Å². The second-order valence-electron chi connectivity index (χ2n) is 14.7. The molecule has 0 fully saturated rings. The summed E-state index contributed by atoms with van der Waals surface area (Å²) >= 11 is 5.46. The molecule has 5 heterocycles. The molecule has 3 aliphatic rings. The molecule has 9 rings (SSSR count). The highest BCUT2D eigenvalue weighted by Gasteiger charge is 2.39. The highest BCUT2D eigenvalue weighted by molar-refractivity contribution is 7.29. The van der Waals surface area contributed by atoms with E-state index < -0.39 is 51.7 Å². The second-order valence-corrected chi connectivity index (χ2v) is 19.0. The summed E-state index contributed by atoms with van der Waals surface area (Å²) < 4.78 is 75.5. The fourth-order valence-corrected chi connectivity index (χ4v) is 12.7. The van der Waals surface area contributed by atoms with E-state index in [0.29, 0.717) is 36.8 Å². The van der Waals surface area contributed by atoms with E-state index in [4.69, 9.17) is 20.8 Å². The molecule has 0 spiro atoms. The van der Waals surface area contributed by atoms with Crippen molar-refractivity contribution in [3.63, 3.8) is 0 Å². The minimum Gasteiger partial charge on any atom is -0.495 e. The molecule has 0 saturated heterocycles. The molecular weight excluding hydrogens is 905 g/mol. The molecule has 6 aromatic rings. The highest BCUT2D eigenvalue weighted by atomic mass is 32.1. The summed E-state index contributed by atoms with van der Waals surface area (Å²) in [5, 5.41) is 29.3. The monoisotopic (exact) mass is 926 g/mol. The molecule has 2 aliphatic carbocycles.